The SMILES string of the molecule is COC(=O)c1cc(-c2ccncc2)cc(Nc2ccnc3c(Cl)ccc(Cl)c23)c1[N+](=O)[O-]. The molecule has 0 atom stereocenters. The molecule has 2 heterocycles. The number of anilines is 2. The molecule has 2 aromatic heterocycles. The molecule has 0 aliphatic carbocycles. The number of nitro groups is 1. The van der Waals surface area contributed by atoms with Gasteiger partial charge in [0.05, 0.1) is 33.3 Å². The fourth-order valence-corrected chi connectivity index (χ4v) is 3.81. The highest BCUT2D eigenvalue weighted by Crippen LogP contribution is 2.40. The molecule has 4 aromatic rings. The summed E-state index contributed by atoms with van der Waals surface area (Å²) in [5.41, 5.74) is 1.59. The highest BCUT2D eigenvalue weighted by Gasteiger charge is 2.28. The number of nitrogens with one attached hydrogen (secondary N) is 1. The molecule has 8 nitrogen and oxygen atoms in total. The van der Waals surface area contributed by atoms with Gasteiger partial charge in [0.25, 0.3) is 0 Å². The number of methoxy groups -OCH3 is 1. The first kappa shape index (κ1) is 21.5. The Hall–Kier alpha value is -3.75. The molecule has 10 heteroatoms. The number of rotatable bonds is 5. The van der Waals surface area contributed by atoms with Gasteiger partial charge < -0.3 is 10.1 Å². The third kappa shape index (κ3) is 3.93. The average molecular weight is 469 g/mol. The second kappa shape index (κ2) is 8.78. The Bertz CT molecular complexity index is 1360. The van der Waals surface area contributed by atoms with Crippen molar-refractivity contribution in [1.29, 1.82) is 0 Å². The second-order valence-electron chi connectivity index (χ2n) is 6.64. The van der Waals surface area contributed by atoms with Crippen molar-refractivity contribution in [2.45, 2.75) is 0 Å². The van der Waals surface area contributed by atoms with E-state index in [1.54, 1.807) is 48.8 Å². The Labute approximate surface area is 191 Å². The van der Waals surface area contributed by atoms with Crippen molar-refractivity contribution in [2.75, 3.05) is 12.4 Å². The Kier molecular flexibility index (Phi) is 5.89. The molecule has 0 fully saturated rings. The zero-order valence-corrected chi connectivity index (χ0v) is 18.0. The van der Waals surface area contributed by atoms with Gasteiger partial charge in [-0.05, 0) is 53.6 Å². The largest absolute Gasteiger partial charge is 0.465 e. The lowest BCUT2D eigenvalue weighted by Gasteiger charge is -2.15. The number of carbonyl (C=O) groups excluding carboxylic acids is 1. The highest BCUT2D eigenvalue weighted by atomic mass is 35.5. The lowest BCUT2D eigenvalue weighted by Crippen LogP contribution is -2.09. The van der Waals surface area contributed by atoms with Gasteiger partial charge in [-0.15, -0.1) is 0 Å². The van der Waals surface area contributed by atoms with Gasteiger partial charge in [-0.25, -0.2) is 4.79 Å². The standard InChI is InChI=1S/C22H14Cl2N4O4/c1-32-22(29)14-10-13(12-4-7-25-8-5-12)11-18(21(14)28(30)31)27-17-6-9-26-20-16(24)3-2-15(23)19(17)20/h2-11H,1H3,(H,26,27). The smallest absolute Gasteiger partial charge is 0.345 e. The summed E-state index contributed by atoms with van der Waals surface area (Å²) in [4.78, 5) is 32.0. The number of pyridine rings is 2. The van der Waals surface area contributed by atoms with E-state index in [1.807, 2.05) is 0 Å². The number of aromatic nitrogens is 2. The fraction of sp³-hybridized carbons (Fsp3) is 0.0455. The average Bonchev–Trinajstić information content (AvgIpc) is 2.81. The van der Waals surface area contributed by atoms with Gasteiger partial charge >= 0.3 is 11.7 Å². The first-order valence-corrected chi connectivity index (χ1v) is 9.97. The quantitative estimate of drug-likeness (QED) is 0.216. The summed E-state index contributed by atoms with van der Waals surface area (Å²) >= 11 is 12.6. The predicted octanol–water partition coefficient (Wildman–Crippen LogP) is 6.04. The molecular formula is C22H14Cl2N4O4. The number of ether oxygens (including phenoxy) is 1. The maximum atomic E-state index is 12.4. The van der Waals surface area contributed by atoms with E-state index in [2.05, 4.69) is 15.3 Å². The van der Waals surface area contributed by atoms with E-state index in [1.165, 1.54) is 12.3 Å². The Morgan fingerprint density at radius 1 is 1.00 bits per heavy atom. The number of nitro benzene ring substituents is 1. The summed E-state index contributed by atoms with van der Waals surface area (Å²) in [5.74, 6) is -0.837. The maximum absolute atomic E-state index is 12.4. The molecule has 2 aromatic carbocycles. The van der Waals surface area contributed by atoms with Gasteiger partial charge in [-0.1, -0.05) is 23.2 Å². The Morgan fingerprint density at radius 3 is 2.41 bits per heavy atom. The maximum Gasteiger partial charge on any atom is 0.345 e. The molecule has 0 amide bonds. The van der Waals surface area contributed by atoms with Gasteiger partial charge in [0.15, 0.2) is 0 Å². The van der Waals surface area contributed by atoms with Gasteiger partial charge in [0.1, 0.15) is 11.3 Å². The summed E-state index contributed by atoms with van der Waals surface area (Å²) in [6.07, 6.45) is 4.67. The summed E-state index contributed by atoms with van der Waals surface area (Å²) in [6.45, 7) is 0. The van der Waals surface area contributed by atoms with Gasteiger partial charge in [-0.2, -0.15) is 0 Å². The lowest BCUT2D eigenvalue weighted by atomic mass is 10.0. The summed E-state index contributed by atoms with van der Waals surface area (Å²) in [6, 6.07) is 11.3. The Balaban J connectivity index is 1.98. The number of esters is 1. The van der Waals surface area contributed by atoms with Crippen molar-refractivity contribution < 1.29 is 14.5 Å². The van der Waals surface area contributed by atoms with Crippen LogP contribution in [0.1, 0.15) is 10.4 Å². The third-order valence-electron chi connectivity index (χ3n) is 4.77. The van der Waals surface area contributed by atoms with Crippen LogP contribution in [0.3, 0.4) is 0 Å². The van der Waals surface area contributed by atoms with E-state index < -0.39 is 16.6 Å². The van der Waals surface area contributed by atoms with E-state index in [0.717, 1.165) is 7.11 Å². The monoisotopic (exact) mass is 468 g/mol. The summed E-state index contributed by atoms with van der Waals surface area (Å²) < 4.78 is 4.80. The van der Waals surface area contributed by atoms with Crippen molar-refractivity contribution >= 4 is 57.1 Å². The molecule has 1 N–H and O–H groups in total. The lowest BCUT2D eigenvalue weighted by molar-refractivity contribution is -0.384. The minimum absolute atomic E-state index is 0.0771. The van der Waals surface area contributed by atoms with E-state index >= 15 is 0 Å². The van der Waals surface area contributed by atoms with Crippen LogP contribution in [0.5, 0.6) is 0 Å². The zero-order valence-electron chi connectivity index (χ0n) is 16.5. The number of hydrogen-bond acceptors (Lipinski definition) is 7. The van der Waals surface area contributed by atoms with Crippen molar-refractivity contribution in [2.24, 2.45) is 0 Å². The number of nitrogens with zero attached hydrogens (tertiary/aromatic N) is 3. The first-order chi connectivity index (χ1) is 15.4. The highest BCUT2D eigenvalue weighted by molar-refractivity contribution is 6.40. The Morgan fingerprint density at radius 2 is 1.72 bits per heavy atom. The molecular weight excluding hydrogens is 455 g/mol. The van der Waals surface area contributed by atoms with Crippen LogP contribution < -0.4 is 5.32 Å². The van der Waals surface area contributed by atoms with Crippen LogP contribution in [0.15, 0.2) is 61.1 Å². The van der Waals surface area contributed by atoms with Crippen molar-refractivity contribution in [3.05, 3.63) is 86.8 Å². The van der Waals surface area contributed by atoms with Crippen LogP contribution in [-0.2, 0) is 4.74 Å². The third-order valence-corrected chi connectivity index (χ3v) is 5.39. The predicted molar refractivity (Wildman–Crippen MR) is 123 cm³/mol. The normalized spacial score (nSPS) is 10.7. The first-order valence-electron chi connectivity index (χ1n) is 9.21. The minimum Gasteiger partial charge on any atom is -0.465 e. The van der Waals surface area contributed by atoms with Gasteiger partial charge in [-0.3, -0.25) is 20.1 Å². The number of fused-ring (bicyclic) bond motifs is 1. The van der Waals surface area contributed by atoms with Crippen LogP contribution in [0, 0.1) is 10.1 Å². The zero-order chi connectivity index (χ0) is 22.8. The number of benzene rings is 2. The summed E-state index contributed by atoms with van der Waals surface area (Å²) in [5, 5.41) is 16.3. The summed E-state index contributed by atoms with van der Waals surface area (Å²) in [7, 11) is 1.16. The molecule has 0 unspecified atom stereocenters. The molecule has 0 bridgehead atoms. The molecule has 160 valence electrons. The molecule has 32 heavy (non-hydrogen) atoms. The van der Waals surface area contributed by atoms with E-state index in [0.29, 0.717) is 37.8 Å². The van der Waals surface area contributed by atoms with Crippen LogP contribution >= 0.6 is 23.2 Å². The molecule has 0 radical (unpaired) electrons. The van der Waals surface area contributed by atoms with Crippen molar-refractivity contribution in [3.63, 3.8) is 0 Å². The van der Waals surface area contributed by atoms with Crippen LogP contribution in [0.4, 0.5) is 17.1 Å². The van der Waals surface area contributed by atoms with E-state index in [-0.39, 0.29) is 11.3 Å². The molecule has 0 saturated carbocycles. The topological polar surface area (TPSA) is 107 Å². The number of halogens is 2. The number of carbonyl (C=O) groups is 1. The minimum atomic E-state index is -0.837. The molecule has 0 aliphatic rings. The van der Waals surface area contributed by atoms with E-state index in [9.17, 15) is 14.9 Å². The van der Waals surface area contributed by atoms with Crippen LogP contribution in [0.2, 0.25) is 10.0 Å². The molecule has 0 saturated heterocycles. The fourth-order valence-electron chi connectivity index (χ4n) is 3.35. The second-order valence-corrected chi connectivity index (χ2v) is 7.46. The molecule has 0 spiro atoms. The van der Waals surface area contributed by atoms with Crippen LogP contribution in [0.25, 0.3) is 22.0 Å². The van der Waals surface area contributed by atoms with Crippen molar-refractivity contribution in [3.8, 4) is 11.1 Å². The molecule has 0 aliphatic heterocycles. The molecule has 4 rings (SSSR count). The van der Waals surface area contributed by atoms with Gasteiger partial charge in [0, 0.05) is 24.0 Å². The number of hydrogen-bond donors (Lipinski definition) is 1. The van der Waals surface area contributed by atoms with E-state index in [4.69, 9.17) is 27.9 Å². The van der Waals surface area contributed by atoms with Crippen LogP contribution in [-0.4, -0.2) is 28.0 Å². The van der Waals surface area contributed by atoms with Crippen molar-refractivity contribution in [1.82, 2.24) is 9.97 Å². The van der Waals surface area contributed by atoms with Gasteiger partial charge in [0.2, 0.25) is 0 Å².